The van der Waals surface area contributed by atoms with Crippen molar-refractivity contribution in [2.24, 2.45) is 0 Å². The van der Waals surface area contributed by atoms with E-state index in [1.165, 1.54) is 6.07 Å². The molecule has 25 heavy (non-hydrogen) atoms. The highest BCUT2D eigenvalue weighted by atomic mass is 32.2. The Morgan fingerprint density at radius 3 is 2.72 bits per heavy atom. The van der Waals surface area contributed by atoms with Crippen molar-refractivity contribution in [3.63, 3.8) is 0 Å². The summed E-state index contributed by atoms with van der Waals surface area (Å²) < 4.78 is 33.3. The van der Waals surface area contributed by atoms with Crippen LogP contribution in [0.5, 0.6) is 0 Å². The Labute approximate surface area is 150 Å². The summed E-state index contributed by atoms with van der Waals surface area (Å²) in [6.07, 6.45) is 0.669. The van der Waals surface area contributed by atoms with Gasteiger partial charge in [0.1, 0.15) is 11.0 Å². The number of benzene rings is 2. The number of nitrogens with one attached hydrogen (secondary N) is 1. The predicted octanol–water partition coefficient (Wildman–Crippen LogP) is 3.06. The van der Waals surface area contributed by atoms with Gasteiger partial charge in [-0.25, -0.2) is 8.42 Å². The lowest BCUT2D eigenvalue weighted by molar-refractivity contribution is -0.115. The second-order valence-electron chi connectivity index (χ2n) is 5.52. The Morgan fingerprint density at radius 1 is 1.12 bits per heavy atom. The van der Waals surface area contributed by atoms with Gasteiger partial charge >= 0.3 is 0 Å². The number of sulfone groups is 1. The highest BCUT2D eigenvalue weighted by molar-refractivity contribution is 7.91. The van der Waals surface area contributed by atoms with Gasteiger partial charge in [-0.2, -0.15) is 8.75 Å². The molecule has 3 aromatic rings. The summed E-state index contributed by atoms with van der Waals surface area (Å²) in [5.41, 5.74) is 2.65. The minimum absolute atomic E-state index is 0.117. The summed E-state index contributed by atoms with van der Waals surface area (Å²) in [5, 5.41) is 2.79. The summed E-state index contributed by atoms with van der Waals surface area (Å²) in [5.74, 6) is -0.600. The number of carbonyl (C=O) groups is 1. The van der Waals surface area contributed by atoms with E-state index in [0.29, 0.717) is 11.0 Å². The third-order valence-electron chi connectivity index (χ3n) is 3.85. The molecule has 0 saturated carbocycles. The molecule has 8 heteroatoms. The zero-order valence-corrected chi connectivity index (χ0v) is 15.2. The van der Waals surface area contributed by atoms with Crippen LogP contribution in [0.25, 0.3) is 11.0 Å². The molecule has 1 N–H and O–H groups in total. The predicted molar refractivity (Wildman–Crippen MR) is 98.5 cm³/mol. The van der Waals surface area contributed by atoms with Crippen molar-refractivity contribution in [1.82, 2.24) is 8.75 Å². The Morgan fingerprint density at radius 2 is 1.92 bits per heavy atom. The standard InChI is InChI=1S/C17H17N3O3S2/c1-2-12-6-3-4-7-13(12)18-16(21)10-11-25(22,23)15-9-5-8-14-17(15)20-24-19-14/h3-9H,2,10-11H2,1H3,(H,18,21). The average molecular weight is 375 g/mol. The largest absolute Gasteiger partial charge is 0.326 e. The molecule has 3 rings (SSSR count). The van der Waals surface area contributed by atoms with E-state index in [1.54, 1.807) is 12.1 Å². The Bertz CT molecular complexity index is 1010. The molecule has 0 radical (unpaired) electrons. The van der Waals surface area contributed by atoms with E-state index in [2.05, 4.69) is 14.1 Å². The molecule has 0 aliphatic rings. The number of rotatable bonds is 6. The molecule has 0 spiro atoms. The van der Waals surface area contributed by atoms with Crippen LogP contribution in [0, 0.1) is 0 Å². The number of para-hydroxylation sites is 1. The van der Waals surface area contributed by atoms with Crippen molar-refractivity contribution in [3.05, 3.63) is 48.0 Å². The number of anilines is 1. The van der Waals surface area contributed by atoms with E-state index in [4.69, 9.17) is 0 Å². The second-order valence-corrected chi connectivity index (χ2v) is 8.12. The van der Waals surface area contributed by atoms with Crippen LogP contribution in [-0.4, -0.2) is 28.8 Å². The fourth-order valence-corrected chi connectivity index (χ4v) is 4.54. The van der Waals surface area contributed by atoms with Crippen LogP contribution in [0.2, 0.25) is 0 Å². The number of aromatic nitrogens is 2. The lowest BCUT2D eigenvalue weighted by atomic mass is 10.1. The van der Waals surface area contributed by atoms with E-state index in [1.807, 2.05) is 31.2 Å². The molecule has 0 unspecified atom stereocenters. The van der Waals surface area contributed by atoms with Crippen molar-refractivity contribution < 1.29 is 13.2 Å². The van der Waals surface area contributed by atoms with Gasteiger partial charge in [-0.1, -0.05) is 31.2 Å². The number of aryl methyl sites for hydroxylation is 1. The maximum absolute atomic E-state index is 12.6. The molecule has 0 atom stereocenters. The summed E-state index contributed by atoms with van der Waals surface area (Å²) in [7, 11) is -3.62. The molecule has 6 nitrogen and oxygen atoms in total. The minimum Gasteiger partial charge on any atom is -0.326 e. The van der Waals surface area contributed by atoms with Crippen molar-refractivity contribution >= 4 is 44.2 Å². The van der Waals surface area contributed by atoms with Crippen LogP contribution in [0.15, 0.2) is 47.4 Å². The fourth-order valence-electron chi connectivity index (χ4n) is 2.53. The second kappa shape index (κ2) is 7.28. The van der Waals surface area contributed by atoms with Crippen LogP contribution in [-0.2, 0) is 21.1 Å². The highest BCUT2D eigenvalue weighted by Crippen LogP contribution is 2.23. The first-order valence-electron chi connectivity index (χ1n) is 7.83. The quantitative estimate of drug-likeness (QED) is 0.715. The summed E-state index contributed by atoms with van der Waals surface area (Å²) in [6.45, 7) is 2.00. The number of hydrogen-bond acceptors (Lipinski definition) is 6. The van der Waals surface area contributed by atoms with Gasteiger partial charge in [-0.15, -0.1) is 0 Å². The summed E-state index contributed by atoms with van der Waals surface area (Å²) in [6, 6.07) is 12.3. The molecule has 1 heterocycles. The zero-order valence-electron chi connectivity index (χ0n) is 13.6. The van der Waals surface area contributed by atoms with Crippen LogP contribution in [0.3, 0.4) is 0 Å². The molecule has 0 aliphatic heterocycles. The van der Waals surface area contributed by atoms with Crippen molar-refractivity contribution in [2.45, 2.75) is 24.7 Å². The van der Waals surface area contributed by atoms with Crippen molar-refractivity contribution in [3.8, 4) is 0 Å². The normalized spacial score (nSPS) is 11.6. The zero-order chi connectivity index (χ0) is 17.9. The van der Waals surface area contributed by atoms with E-state index >= 15 is 0 Å². The monoisotopic (exact) mass is 375 g/mol. The van der Waals surface area contributed by atoms with Crippen molar-refractivity contribution in [1.29, 1.82) is 0 Å². The Kier molecular flexibility index (Phi) is 5.10. The number of fused-ring (bicyclic) bond motifs is 1. The smallest absolute Gasteiger partial charge is 0.225 e. The van der Waals surface area contributed by atoms with Crippen molar-refractivity contribution in [2.75, 3.05) is 11.1 Å². The molecule has 0 saturated heterocycles. The number of hydrogen-bond donors (Lipinski definition) is 1. The molecule has 1 amide bonds. The van der Waals surface area contributed by atoms with E-state index in [9.17, 15) is 13.2 Å². The van der Waals surface area contributed by atoms with E-state index in [-0.39, 0.29) is 23.0 Å². The first kappa shape index (κ1) is 17.5. The third-order valence-corrected chi connectivity index (χ3v) is 6.14. The van der Waals surface area contributed by atoms with Crippen LogP contribution in [0.1, 0.15) is 18.9 Å². The molecule has 0 fully saturated rings. The highest BCUT2D eigenvalue weighted by Gasteiger charge is 2.21. The third kappa shape index (κ3) is 3.85. The minimum atomic E-state index is -3.62. The fraction of sp³-hybridized carbons (Fsp3) is 0.235. The Hall–Kier alpha value is -2.32. The molecule has 2 aromatic carbocycles. The van der Waals surface area contributed by atoms with Gasteiger partial charge in [0.15, 0.2) is 9.84 Å². The van der Waals surface area contributed by atoms with Gasteiger partial charge in [-0.05, 0) is 30.2 Å². The van der Waals surface area contributed by atoms with Gasteiger partial charge in [0.2, 0.25) is 5.91 Å². The van der Waals surface area contributed by atoms with E-state index < -0.39 is 9.84 Å². The van der Waals surface area contributed by atoms with Gasteiger partial charge in [0.25, 0.3) is 0 Å². The maximum Gasteiger partial charge on any atom is 0.225 e. The number of amides is 1. The number of carbonyl (C=O) groups excluding carboxylic acids is 1. The van der Waals surface area contributed by atoms with Crippen LogP contribution in [0.4, 0.5) is 5.69 Å². The van der Waals surface area contributed by atoms with Gasteiger partial charge in [-0.3, -0.25) is 4.79 Å². The molecule has 1 aromatic heterocycles. The molecule has 0 bridgehead atoms. The lowest BCUT2D eigenvalue weighted by Crippen LogP contribution is -2.18. The molecule has 130 valence electrons. The molecule has 0 aliphatic carbocycles. The lowest BCUT2D eigenvalue weighted by Gasteiger charge is -2.10. The average Bonchev–Trinajstić information content (AvgIpc) is 3.09. The summed E-state index contributed by atoms with van der Waals surface area (Å²) >= 11 is 0.970. The first-order valence-corrected chi connectivity index (χ1v) is 10.2. The topological polar surface area (TPSA) is 89.0 Å². The van der Waals surface area contributed by atoms with E-state index in [0.717, 1.165) is 29.4 Å². The van der Waals surface area contributed by atoms with Crippen LogP contribution < -0.4 is 5.32 Å². The Balaban J connectivity index is 1.72. The molecular formula is C17H17N3O3S2. The first-order chi connectivity index (χ1) is 12.0. The van der Waals surface area contributed by atoms with Gasteiger partial charge in [0.05, 0.1) is 22.4 Å². The summed E-state index contributed by atoms with van der Waals surface area (Å²) in [4.78, 5) is 12.3. The van der Waals surface area contributed by atoms with Gasteiger partial charge in [0, 0.05) is 12.1 Å². The molecular weight excluding hydrogens is 358 g/mol. The number of nitrogens with zero attached hydrogens (tertiary/aromatic N) is 2. The maximum atomic E-state index is 12.6. The van der Waals surface area contributed by atoms with Crippen LogP contribution >= 0.6 is 11.7 Å². The SMILES string of the molecule is CCc1ccccc1NC(=O)CCS(=O)(=O)c1cccc2nsnc12. The van der Waals surface area contributed by atoms with Gasteiger partial charge < -0.3 is 5.32 Å².